The van der Waals surface area contributed by atoms with Crippen LogP contribution in [-0.2, 0) is 4.79 Å². The lowest BCUT2D eigenvalue weighted by Gasteiger charge is -2.14. The number of nitrogens with zero attached hydrogens (tertiary/aromatic N) is 1. The van der Waals surface area contributed by atoms with Crippen molar-refractivity contribution >= 4 is 6.29 Å². The van der Waals surface area contributed by atoms with Crippen LogP contribution < -0.4 is 10.6 Å². The number of nitrogens with one attached hydrogen (secondary N) is 2. The molecule has 3 N–H and O–H groups in total. The van der Waals surface area contributed by atoms with Crippen LogP contribution in [0, 0.1) is 0 Å². The molecule has 2 unspecified atom stereocenters. The van der Waals surface area contributed by atoms with E-state index in [9.17, 15) is 9.90 Å². The maximum Gasteiger partial charge on any atom is 0.162 e. The number of carbonyl (C=O) groups is 1. The van der Waals surface area contributed by atoms with Gasteiger partial charge in [0, 0.05) is 18.1 Å². The van der Waals surface area contributed by atoms with E-state index in [-0.39, 0.29) is 0 Å². The van der Waals surface area contributed by atoms with Crippen LogP contribution in [0.2, 0.25) is 0 Å². The molecule has 0 amide bonds. The van der Waals surface area contributed by atoms with Gasteiger partial charge in [0.05, 0.1) is 5.70 Å². The monoisotopic (exact) mass is 261 g/mol. The summed E-state index contributed by atoms with van der Waals surface area (Å²) >= 11 is 0. The molecule has 1 aliphatic heterocycles. The van der Waals surface area contributed by atoms with Gasteiger partial charge in [0.15, 0.2) is 12.5 Å². The van der Waals surface area contributed by atoms with Gasteiger partial charge in [-0.2, -0.15) is 0 Å². The fourth-order valence-corrected chi connectivity index (χ4v) is 2.14. The zero-order chi connectivity index (χ0) is 13.7. The van der Waals surface area contributed by atoms with Gasteiger partial charge in [0.2, 0.25) is 0 Å². The lowest BCUT2D eigenvalue weighted by Crippen LogP contribution is -2.35. The third-order valence-corrected chi connectivity index (χ3v) is 3.18. The van der Waals surface area contributed by atoms with Crippen molar-refractivity contribution in [3.05, 3.63) is 41.5 Å². The number of hydrogen-bond donors (Lipinski definition) is 3. The van der Waals surface area contributed by atoms with Crippen molar-refractivity contribution in [1.29, 1.82) is 0 Å². The zero-order valence-corrected chi connectivity index (χ0v) is 11.0. The minimum absolute atomic E-state index is 0.446. The van der Waals surface area contributed by atoms with Crippen LogP contribution >= 0.6 is 0 Å². The van der Waals surface area contributed by atoms with Crippen molar-refractivity contribution in [2.45, 2.75) is 38.5 Å². The molecule has 0 fully saturated rings. The molecule has 1 aromatic heterocycles. The number of carbonyl (C=O) groups excluding carboxylic acids is 1. The van der Waals surface area contributed by atoms with Gasteiger partial charge in [-0.3, -0.25) is 9.78 Å². The fourth-order valence-electron chi connectivity index (χ4n) is 2.14. The first kappa shape index (κ1) is 13.5. The van der Waals surface area contributed by atoms with Crippen molar-refractivity contribution in [2.24, 2.45) is 0 Å². The Balaban J connectivity index is 2.20. The third-order valence-electron chi connectivity index (χ3n) is 3.18. The molecule has 0 radical (unpaired) electrons. The molecule has 5 nitrogen and oxygen atoms in total. The molecule has 1 aliphatic rings. The number of rotatable bonds is 6. The zero-order valence-electron chi connectivity index (χ0n) is 11.0. The lowest BCUT2D eigenvalue weighted by molar-refractivity contribution is -0.109. The van der Waals surface area contributed by atoms with E-state index in [1.165, 1.54) is 0 Å². The molecule has 1 aromatic rings. The highest BCUT2D eigenvalue weighted by Crippen LogP contribution is 2.26. The molecule has 0 aliphatic carbocycles. The number of aliphatic hydroxyl groups is 1. The summed E-state index contributed by atoms with van der Waals surface area (Å²) in [6.45, 7) is 2.11. The number of aliphatic hydroxyl groups excluding tert-OH is 1. The first-order valence-corrected chi connectivity index (χ1v) is 6.55. The van der Waals surface area contributed by atoms with Gasteiger partial charge in [-0.15, -0.1) is 0 Å². The van der Waals surface area contributed by atoms with Crippen molar-refractivity contribution < 1.29 is 9.90 Å². The summed E-state index contributed by atoms with van der Waals surface area (Å²) < 4.78 is 0. The maximum atomic E-state index is 10.9. The standard InChI is InChI=1S/C14H19N3O2/c1-2-3-4-11-13(17-12(9-18)16-11)14(19)10-5-7-15-8-6-10/h5-9,12,14,16-17,19H,2-4H2,1H3. The van der Waals surface area contributed by atoms with Crippen LogP contribution in [0.1, 0.15) is 37.9 Å². The van der Waals surface area contributed by atoms with Crippen LogP contribution in [0.3, 0.4) is 0 Å². The number of pyridine rings is 1. The number of allylic oxidation sites excluding steroid dienone is 1. The van der Waals surface area contributed by atoms with Gasteiger partial charge in [0.1, 0.15) is 6.10 Å². The van der Waals surface area contributed by atoms with E-state index in [1.54, 1.807) is 24.5 Å². The minimum atomic E-state index is -0.757. The predicted octanol–water partition coefficient (Wildman–Crippen LogP) is 1.23. The van der Waals surface area contributed by atoms with E-state index >= 15 is 0 Å². The largest absolute Gasteiger partial charge is 0.382 e. The molecule has 2 rings (SSSR count). The Morgan fingerprint density at radius 2 is 2.16 bits per heavy atom. The number of aromatic nitrogens is 1. The summed E-state index contributed by atoms with van der Waals surface area (Å²) in [4.78, 5) is 14.8. The lowest BCUT2D eigenvalue weighted by atomic mass is 10.0. The van der Waals surface area contributed by atoms with Crippen LogP contribution in [0.15, 0.2) is 35.9 Å². The molecule has 0 bridgehead atoms. The van der Waals surface area contributed by atoms with E-state index in [4.69, 9.17) is 0 Å². The van der Waals surface area contributed by atoms with Gasteiger partial charge in [-0.05, 0) is 30.5 Å². The summed E-state index contributed by atoms with van der Waals surface area (Å²) in [6, 6.07) is 3.54. The Bertz CT molecular complexity index is 459. The van der Waals surface area contributed by atoms with Crippen molar-refractivity contribution in [2.75, 3.05) is 0 Å². The van der Waals surface area contributed by atoms with Crippen LogP contribution in [-0.4, -0.2) is 22.5 Å². The summed E-state index contributed by atoms with van der Waals surface area (Å²) in [5.41, 5.74) is 2.37. The van der Waals surface area contributed by atoms with Gasteiger partial charge in [-0.25, -0.2) is 0 Å². The van der Waals surface area contributed by atoms with Crippen LogP contribution in [0.4, 0.5) is 0 Å². The van der Waals surface area contributed by atoms with Crippen molar-refractivity contribution in [3.63, 3.8) is 0 Å². The molecule has 0 aromatic carbocycles. The highest BCUT2D eigenvalue weighted by Gasteiger charge is 2.27. The molecule has 0 saturated carbocycles. The highest BCUT2D eigenvalue weighted by molar-refractivity contribution is 5.60. The Kier molecular flexibility index (Phi) is 4.52. The van der Waals surface area contributed by atoms with Crippen LogP contribution in [0.25, 0.3) is 0 Å². The fraction of sp³-hybridized carbons (Fsp3) is 0.429. The molecule has 0 spiro atoms. The molecule has 2 atom stereocenters. The second kappa shape index (κ2) is 6.33. The summed E-state index contributed by atoms with van der Waals surface area (Å²) in [7, 11) is 0. The Labute approximate surface area is 112 Å². The maximum absolute atomic E-state index is 10.9. The third kappa shape index (κ3) is 3.12. The van der Waals surface area contributed by atoms with Gasteiger partial charge >= 0.3 is 0 Å². The predicted molar refractivity (Wildman–Crippen MR) is 71.9 cm³/mol. The average Bonchev–Trinajstić information content (AvgIpc) is 2.88. The first-order valence-electron chi connectivity index (χ1n) is 6.55. The second-order valence-electron chi connectivity index (χ2n) is 4.58. The van der Waals surface area contributed by atoms with E-state index in [0.717, 1.165) is 36.8 Å². The molecule has 2 heterocycles. The van der Waals surface area contributed by atoms with Gasteiger partial charge < -0.3 is 15.7 Å². The summed E-state index contributed by atoms with van der Waals surface area (Å²) in [5, 5.41) is 16.5. The smallest absolute Gasteiger partial charge is 0.162 e. The number of unbranched alkanes of at least 4 members (excludes halogenated alkanes) is 1. The molecule has 102 valence electrons. The molecule has 5 heteroatoms. The topological polar surface area (TPSA) is 74.2 Å². The van der Waals surface area contributed by atoms with E-state index in [1.807, 2.05) is 0 Å². The van der Waals surface area contributed by atoms with Crippen molar-refractivity contribution in [1.82, 2.24) is 15.6 Å². The quantitative estimate of drug-likeness (QED) is 0.672. The molecular weight excluding hydrogens is 242 g/mol. The molecule has 19 heavy (non-hydrogen) atoms. The van der Waals surface area contributed by atoms with E-state index in [2.05, 4.69) is 22.5 Å². The summed E-state index contributed by atoms with van der Waals surface area (Å²) in [5.74, 6) is 0. The first-order chi connectivity index (χ1) is 9.26. The summed E-state index contributed by atoms with van der Waals surface area (Å²) in [6.07, 6.45) is 5.79. The van der Waals surface area contributed by atoms with Gasteiger partial charge in [0.25, 0.3) is 0 Å². The van der Waals surface area contributed by atoms with E-state index in [0.29, 0.717) is 5.70 Å². The highest BCUT2D eigenvalue weighted by atomic mass is 16.3. The second-order valence-corrected chi connectivity index (χ2v) is 4.58. The van der Waals surface area contributed by atoms with Crippen molar-refractivity contribution in [3.8, 4) is 0 Å². The van der Waals surface area contributed by atoms with E-state index < -0.39 is 12.3 Å². The number of aldehydes is 1. The number of hydrogen-bond acceptors (Lipinski definition) is 5. The Morgan fingerprint density at radius 1 is 1.42 bits per heavy atom. The minimum Gasteiger partial charge on any atom is -0.382 e. The SMILES string of the molecule is CCCCC1=C(C(O)c2ccncc2)NC(C=O)N1. The molecular formula is C14H19N3O2. The normalized spacial score (nSPS) is 19.8. The average molecular weight is 261 g/mol. The Morgan fingerprint density at radius 3 is 2.79 bits per heavy atom. The molecule has 0 saturated heterocycles. The van der Waals surface area contributed by atoms with Gasteiger partial charge in [-0.1, -0.05) is 13.3 Å². The Hall–Kier alpha value is -1.88. The van der Waals surface area contributed by atoms with Crippen LogP contribution in [0.5, 0.6) is 0 Å².